The van der Waals surface area contributed by atoms with E-state index in [0.717, 1.165) is 0 Å². The Hall–Kier alpha value is -8.44. The summed E-state index contributed by atoms with van der Waals surface area (Å²) in [5.41, 5.74) is 4.37. The molecule has 8 amide bonds. The molecule has 4 aromatic carbocycles. The fourth-order valence-electron chi connectivity index (χ4n) is 8.12. The first-order valence-electron chi connectivity index (χ1n) is 26.8. The van der Waals surface area contributed by atoms with Crippen LogP contribution in [0.4, 0.5) is 0 Å². The number of carbonyl (C=O) groups is 8. The zero-order valence-corrected chi connectivity index (χ0v) is 46.9. The molecule has 14 N–H and O–H groups in total. The molecule has 4 aromatic rings. The molecule has 27 nitrogen and oxygen atoms in total. The van der Waals surface area contributed by atoms with Crippen LogP contribution in [0.5, 0.6) is 23.0 Å². The summed E-state index contributed by atoms with van der Waals surface area (Å²) in [5, 5.41) is 65.4. The van der Waals surface area contributed by atoms with Gasteiger partial charge in [-0.1, -0.05) is 24.3 Å². The van der Waals surface area contributed by atoms with Gasteiger partial charge in [-0.3, -0.25) is 48.2 Å². The van der Waals surface area contributed by atoms with Gasteiger partial charge in [0.1, 0.15) is 23.0 Å². The molecule has 0 spiro atoms. The molecule has 0 saturated carbocycles. The molecular weight excluding hydrogens is 1080 g/mol. The van der Waals surface area contributed by atoms with E-state index in [4.69, 9.17) is 24.7 Å². The number of methoxy groups -OCH3 is 3. The van der Waals surface area contributed by atoms with Crippen LogP contribution >= 0.6 is 0 Å². The van der Waals surface area contributed by atoms with Crippen molar-refractivity contribution in [1.82, 2.24) is 52.3 Å². The van der Waals surface area contributed by atoms with Crippen molar-refractivity contribution in [3.8, 4) is 23.0 Å². The number of phenols is 4. The lowest BCUT2D eigenvalue weighted by Gasteiger charge is -2.26. The Balaban J connectivity index is 1.51. The van der Waals surface area contributed by atoms with Gasteiger partial charge in [0, 0.05) is 106 Å². The number of hydrogen-bond donors (Lipinski definition) is 13. The van der Waals surface area contributed by atoms with E-state index in [-0.39, 0.29) is 149 Å². The highest BCUT2D eigenvalue weighted by atomic mass is 16.5. The number of hydrogen-bond acceptors (Lipinski definition) is 19. The number of benzene rings is 4. The minimum absolute atomic E-state index is 0.0235. The average molecular weight is 1160 g/mol. The number of para-hydroxylation sites is 4. The molecule has 83 heavy (non-hydrogen) atoms. The number of rotatable bonds is 38. The summed E-state index contributed by atoms with van der Waals surface area (Å²) in [5.74, 6) is -7.23. The van der Waals surface area contributed by atoms with Crippen LogP contribution in [0.15, 0.2) is 72.8 Å². The van der Waals surface area contributed by atoms with Crippen LogP contribution in [0.1, 0.15) is 89.3 Å². The maximum atomic E-state index is 13.5. The number of amides is 8. The largest absolute Gasteiger partial charge is 0.506 e. The Morgan fingerprint density at radius 2 is 0.566 bits per heavy atom. The third-order valence-electron chi connectivity index (χ3n) is 12.5. The quantitative estimate of drug-likeness (QED) is 0.0248. The van der Waals surface area contributed by atoms with Crippen molar-refractivity contribution in [3.63, 3.8) is 0 Å². The number of phenolic OH excluding ortho intramolecular Hbond substituents is 4. The minimum atomic E-state index is -0.677. The number of nitrogens with one attached hydrogen (secondary N) is 8. The van der Waals surface area contributed by atoms with Crippen molar-refractivity contribution in [3.05, 3.63) is 117 Å². The van der Waals surface area contributed by atoms with Gasteiger partial charge in [0.25, 0.3) is 47.3 Å². The molecular formula is C56H77N11O16. The van der Waals surface area contributed by atoms with Gasteiger partial charge >= 0.3 is 0 Å². The van der Waals surface area contributed by atoms with Gasteiger partial charge in [-0.15, -0.1) is 0 Å². The summed E-state index contributed by atoms with van der Waals surface area (Å²) in [6.07, 6.45) is 0.419. The van der Waals surface area contributed by atoms with Crippen molar-refractivity contribution in [2.45, 2.75) is 6.42 Å². The smallest absolute Gasteiger partial charge is 0.255 e. The summed E-state index contributed by atoms with van der Waals surface area (Å²) in [7, 11) is 4.41. The van der Waals surface area contributed by atoms with Crippen molar-refractivity contribution >= 4 is 47.3 Å². The zero-order valence-electron chi connectivity index (χ0n) is 46.9. The van der Waals surface area contributed by atoms with Crippen LogP contribution in [0.3, 0.4) is 0 Å². The first-order valence-corrected chi connectivity index (χ1v) is 26.8. The van der Waals surface area contributed by atoms with Crippen LogP contribution in [0.2, 0.25) is 0 Å². The standard InChI is InChI=1S/C56H77N11O16/c1-80-33-22-62-53(76)41-13-4-9-37(45(41)68)49(72)58-18-28-66(29-19-59-50(73)38-10-5-14-42(46(38)69)54(77)63-23-34-81-2)26-8-27-67(30-20-60-51(74)39-11-6-15-43(47(39)70)55(78)64-24-35-82-3)31-21-61-52(75)40-12-7-16-44(48(40)71)56(79)65-25-36-83-32-17-57/h4-7,9-16,68-71H,8,17-36,57H2,1-3H3,(H,58,72)(H,59,73)(H,60,74)(H,61,75)(H,62,76)(H,63,77)(H,64,78)(H,65,79). The molecule has 0 saturated heterocycles. The lowest BCUT2D eigenvalue weighted by molar-refractivity contribution is 0.0909. The van der Waals surface area contributed by atoms with E-state index in [2.05, 4.69) is 42.5 Å². The lowest BCUT2D eigenvalue weighted by atomic mass is 10.1. The Morgan fingerprint density at radius 1 is 0.349 bits per heavy atom. The molecule has 27 heteroatoms. The number of nitrogens with zero attached hydrogens (tertiary/aromatic N) is 2. The maximum absolute atomic E-state index is 13.5. The summed E-state index contributed by atoms with van der Waals surface area (Å²) in [4.78, 5) is 109. The van der Waals surface area contributed by atoms with Crippen LogP contribution in [-0.4, -0.2) is 230 Å². The maximum Gasteiger partial charge on any atom is 0.255 e. The van der Waals surface area contributed by atoms with E-state index in [1.54, 1.807) is 0 Å². The van der Waals surface area contributed by atoms with Crippen LogP contribution < -0.4 is 48.3 Å². The minimum Gasteiger partial charge on any atom is -0.506 e. The Bertz CT molecular complexity index is 2710. The average Bonchev–Trinajstić information content (AvgIpc) is 3.48. The fourth-order valence-corrected chi connectivity index (χ4v) is 8.12. The summed E-state index contributed by atoms with van der Waals surface area (Å²) < 4.78 is 20.2. The molecule has 0 unspecified atom stereocenters. The van der Waals surface area contributed by atoms with Crippen LogP contribution in [0, 0.1) is 0 Å². The molecule has 0 aromatic heterocycles. The normalized spacial score (nSPS) is 11.0. The first kappa shape index (κ1) is 67.1. The molecule has 4 rings (SSSR count). The molecule has 0 fully saturated rings. The topological polar surface area (TPSA) is 383 Å². The predicted octanol–water partition coefficient (Wildman–Crippen LogP) is -0.643. The van der Waals surface area contributed by atoms with Crippen molar-refractivity contribution < 1.29 is 77.7 Å². The molecule has 0 aliphatic carbocycles. The van der Waals surface area contributed by atoms with Gasteiger partial charge < -0.3 is 87.6 Å². The summed E-state index contributed by atoms with van der Waals surface area (Å²) >= 11 is 0. The SMILES string of the molecule is COCCNC(=O)c1cccc(C(=O)NCCN(CCCN(CCNC(=O)c2cccc(C(=O)NCCOC)c2O)CCNC(=O)c2cccc(C(=O)NCCOCCN)c2O)CCNC(=O)c2cccc(C(=O)NCCOC)c2O)c1O. The fraction of sp³-hybridized carbons (Fsp3) is 0.429. The molecule has 0 radical (unpaired) electrons. The van der Waals surface area contributed by atoms with Crippen LogP contribution in [-0.2, 0) is 18.9 Å². The number of aromatic hydroxyl groups is 4. The number of carbonyl (C=O) groups excluding carboxylic acids is 8. The highest BCUT2D eigenvalue weighted by Gasteiger charge is 2.23. The van der Waals surface area contributed by atoms with E-state index in [1.807, 2.05) is 9.80 Å². The molecule has 0 aliphatic heterocycles. The molecule has 0 bridgehead atoms. The first-order chi connectivity index (χ1) is 40.1. The third-order valence-corrected chi connectivity index (χ3v) is 12.5. The van der Waals surface area contributed by atoms with Gasteiger partial charge in [-0.25, -0.2) is 0 Å². The third kappa shape index (κ3) is 21.8. The van der Waals surface area contributed by atoms with E-state index in [0.29, 0.717) is 32.7 Å². The second-order valence-electron chi connectivity index (χ2n) is 18.3. The Morgan fingerprint density at radius 3 is 0.783 bits per heavy atom. The second-order valence-corrected chi connectivity index (χ2v) is 18.3. The van der Waals surface area contributed by atoms with Crippen molar-refractivity contribution in [2.75, 3.05) is 153 Å². The zero-order chi connectivity index (χ0) is 60.5. The molecule has 0 atom stereocenters. The lowest BCUT2D eigenvalue weighted by Crippen LogP contribution is -2.42. The van der Waals surface area contributed by atoms with Gasteiger partial charge in [-0.2, -0.15) is 0 Å². The number of nitrogens with two attached hydrogens (primary N) is 1. The van der Waals surface area contributed by atoms with Gasteiger partial charge in [0.05, 0.1) is 77.5 Å². The Labute approximate surface area is 480 Å². The summed E-state index contributed by atoms with van der Waals surface area (Å²) in [6, 6.07) is 16.8. The van der Waals surface area contributed by atoms with Crippen molar-refractivity contribution in [1.29, 1.82) is 0 Å². The number of ether oxygens (including phenoxy) is 4. The van der Waals surface area contributed by atoms with E-state index in [1.165, 1.54) is 94.1 Å². The van der Waals surface area contributed by atoms with E-state index < -0.39 is 70.3 Å². The van der Waals surface area contributed by atoms with Crippen LogP contribution in [0.25, 0.3) is 0 Å². The highest BCUT2D eigenvalue weighted by Crippen LogP contribution is 2.26. The molecule has 0 heterocycles. The van der Waals surface area contributed by atoms with Gasteiger partial charge in [-0.05, 0) is 68.0 Å². The summed E-state index contributed by atoms with van der Waals surface area (Å²) in [6.45, 7) is 3.68. The molecule has 452 valence electrons. The van der Waals surface area contributed by atoms with E-state index >= 15 is 0 Å². The highest BCUT2D eigenvalue weighted by molar-refractivity contribution is 6.06. The van der Waals surface area contributed by atoms with Gasteiger partial charge in [0.2, 0.25) is 0 Å². The molecule has 0 aliphatic rings. The second kappa shape index (κ2) is 36.8. The van der Waals surface area contributed by atoms with Crippen molar-refractivity contribution in [2.24, 2.45) is 5.73 Å². The monoisotopic (exact) mass is 1160 g/mol. The Kier molecular flexibility index (Phi) is 29.8. The van der Waals surface area contributed by atoms with Gasteiger partial charge in [0.15, 0.2) is 0 Å². The predicted molar refractivity (Wildman–Crippen MR) is 304 cm³/mol. The van der Waals surface area contributed by atoms with E-state index in [9.17, 15) is 58.8 Å².